The van der Waals surface area contributed by atoms with E-state index in [1.165, 1.54) is 5.56 Å². The Morgan fingerprint density at radius 2 is 1.68 bits per heavy atom. The summed E-state index contributed by atoms with van der Waals surface area (Å²) in [4.78, 5) is 4.27. The van der Waals surface area contributed by atoms with Gasteiger partial charge in [0.15, 0.2) is 17.5 Å². The lowest BCUT2D eigenvalue weighted by molar-refractivity contribution is 0.213. The summed E-state index contributed by atoms with van der Waals surface area (Å²) in [7, 11) is 5.09. The minimum atomic E-state index is -0.0332. The summed E-state index contributed by atoms with van der Waals surface area (Å²) in [6, 6.07) is 15.8. The first kappa shape index (κ1) is 21.4. The van der Waals surface area contributed by atoms with Crippen molar-refractivity contribution in [3.63, 3.8) is 0 Å². The molecule has 6 nitrogen and oxygen atoms in total. The van der Waals surface area contributed by atoms with Crippen molar-refractivity contribution in [3.8, 4) is 17.2 Å². The molecule has 152 valence electrons. The molecule has 6 heteroatoms. The molecule has 0 aliphatic heterocycles. The van der Waals surface area contributed by atoms with Crippen LogP contribution in [0.1, 0.15) is 18.9 Å². The number of hydrogen-bond acceptors (Lipinski definition) is 4. The Balaban J connectivity index is 1.69. The molecule has 0 aliphatic carbocycles. The summed E-state index contributed by atoms with van der Waals surface area (Å²) in [5.41, 5.74) is 1.30. The molecule has 2 aromatic rings. The van der Waals surface area contributed by atoms with E-state index in [2.05, 4.69) is 27.8 Å². The maximum absolute atomic E-state index is 5.95. The zero-order valence-electron chi connectivity index (χ0n) is 17.2. The van der Waals surface area contributed by atoms with Gasteiger partial charge >= 0.3 is 0 Å². The quantitative estimate of drug-likeness (QED) is 0.373. The third-order valence-electron chi connectivity index (χ3n) is 4.27. The minimum absolute atomic E-state index is 0.0332. The molecular weight excluding hydrogens is 354 g/mol. The van der Waals surface area contributed by atoms with E-state index in [-0.39, 0.29) is 6.10 Å². The number of hydrogen-bond donors (Lipinski definition) is 2. The smallest absolute Gasteiger partial charge is 0.191 e. The van der Waals surface area contributed by atoms with Crippen molar-refractivity contribution < 1.29 is 14.2 Å². The molecule has 0 amide bonds. The first-order valence-corrected chi connectivity index (χ1v) is 9.53. The van der Waals surface area contributed by atoms with Gasteiger partial charge in [-0.1, -0.05) is 24.3 Å². The maximum atomic E-state index is 5.95. The van der Waals surface area contributed by atoms with Crippen LogP contribution in [0.25, 0.3) is 0 Å². The number of rotatable bonds is 10. The summed E-state index contributed by atoms with van der Waals surface area (Å²) >= 11 is 0. The number of ether oxygens (including phenoxy) is 3. The number of aliphatic imine (C=N–C) groups is 1. The molecule has 2 rings (SSSR count). The zero-order chi connectivity index (χ0) is 20.2. The highest BCUT2D eigenvalue weighted by Crippen LogP contribution is 2.26. The number of para-hydroxylation sites is 2. The predicted octanol–water partition coefficient (Wildman–Crippen LogP) is 3.27. The van der Waals surface area contributed by atoms with Gasteiger partial charge in [0.05, 0.1) is 20.8 Å². The fraction of sp³-hybridized carbons (Fsp3) is 0.409. The molecule has 28 heavy (non-hydrogen) atoms. The van der Waals surface area contributed by atoms with E-state index in [9.17, 15) is 0 Å². The van der Waals surface area contributed by atoms with Gasteiger partial charge < -0.3 is 24.8 Å². The summed E-state index contributed by atoms with van der Waals surface area (Å²) in [5, 5.41) is 6.64. The monoisotopic (exact) mass is 385 g/mol. The second-order valence-corrected chi connectivity index (χ2v) is 6.41. The third-order valence-corrected chi connectivity index (χ3v) is 4.27. The van der Waals surface area contributed by atoms with Crippen LogP contribution in [0.3, 0.4) is 0 Å². The van der Waals surface area contributed by atoms with Gasteiger partial charge in [0.2, 0.25) is 0 Å². The van der Waals surface area contributed by atoms with E-state index in [0.717, 1.165) is 42.6 Å². The maximum Gasteiger partial charge on any atom is 0.191 e. The normalized spacial score (nSPS) is 12.2. The van der Waals surface area contributed by atoms with Crippen LogP contribution < -0.4 is 24.8 Å². The molecule has 0 aromatic heterocycles. The lowest BCUT2D eigenvalue weighted by Gasteiger charge is -2.19. The highest BCUT2D eigenvalue weighted by atomic mass is 16.5. The predicted molar refractivity (Wildman–Crippen MR) is 114 cm³/mol. The van der Waals surface area contributed by atoms with Crippen LogP contribution in [0.2, 0.25) is 0 Å². The molecular formula is C22H31N3O3. The van der Waals surface area contributed by atoms with Crippen LogP contribution in [0, 0.1) is 0 Å². The number of methoxy groups -OCH3 is 2. The SMILES string of the molecule is CN=C(NCCCc1ccc(OC)cc1)NCC(C)Oc1ccccc1OC. The van der Waals surface area contributed by atoms with E-state index < -0.39 is 0 Å². The third kappa shape index (κ3) is 7.02. The average Bonchev–Trinajstić information content (AvgIpc) is 2.74. The molecule has 2 N–H and O–H groups in total. The number of nitrogens with one attached hydrogen (secondary N) is 2. The van der Waals surface area contributed by atoms with E-state index in [1.54, 1.807) is 21.3 Å². The second kappa shape index (κ2) is 11.7. The zero-order valence-corrected chi connectivity index (χ0v) is 17.2. The molecule has 0 heterocycles. The highest BCUT2D eigenvalue weighted by molar-refractivity contribution is 5.79. The van der Waals surface area contributed by atoms with Crippen molar-refractivity contribution in [2.24, 2.45) is 4.99 Å². The Morgan fingerprint density at radius 1 is 0.964 bits per heavy atom. The van der Waals surface area contributed by atoms with Crippen LogP contribution in [-0.2, 0) is 6.42 Å². The van der Waals surface area contributed by atoms with Crippen molar-refractivity contribution in [2.45, 2.75) is 25.9 Å². The molecule has 0 aliphatic rings. The molecule has 0 bridgehead atoms. The van der Waals surface area contributed by atoms with Gasteiger partial charge in [-0.05, 0) is 49.6 Å². The number of nitrogens with zero attached hydrogens (tertiary/aromatic N) is 1. The fourth-order valence-electron chi connectivity index (χ4n) is 2.73. The molecule has 0 fully saturated rings. The summed E-state index contributed by atoms with van der Waals surface area (Å²) < 4.78 is 16.5. The van der Waals surface area contributed by atoms with Gasteiger partial charge in [-0.3, -0.25) is 4.99 Å². The Labute approximate surface area is 167 Å². The number of aryl methyl sites for hydroxylation is 1. The molecule has 0 saturated heterocycles. The lowest BCUT2D eigenvalue weighted by atomic mass is 10.1. The molecule has 2 aromatic carbocycles. The molecule has 0 spiro atoms. The van der Waals surface area contributed by atoms with E-state index in [4.69, 9.17) is 14.2 Å². The van der Waals surface area contributed by atoms with Gasteiger partial charge in [0.1, 0.15) is 11.9 Å². The van der Waals surface area contributed by atoms with Gasteiger partial charge in [-0.15, -0.1) is 0 Å². The van der Waals surface area contributed by atoms with Crippen LogP contribution in [0.5, 0.6) is 17.2 Å². The lowest BCUT2D eigenvalue weighted by Crippen LogP contribution is -2.42. The summed E-state index contributed by atoms with van der Waals surface area (Å²) in [5.74, 6) is 3.12. The molecule has 1 atom stereocenters. The van der Waals surface area contributed by atoms with Gasteiger partial charge in [0.25, 0.3) is 0 Å². The Morgan fingerprint density at radius 3 is 2.32 bits per heavy atom. The Kier molecular flexibility index (Phi) is 8.98. The van der Waals surface area contributed by atoms with Crippen molar-refractivity contribution in [3.05, 3.63) is 54.1 Å². The topological polar surface area (TPSA) is 64.1 Å². The molecule has 1 unspecified atom stereocenters. The fourth-order valence-corrected chi connectivity index (χ4v) is 2.73. The van der Waals surface area contributed by atoms with E-state index in [0.29, 0.717) is 6.54 Å². The first-order chi connectivity index (χ1) is 13.7. The van der Waals surface area contributed by atoms with E-state index >= 15 is 0 Å². The molecule has 0 saturated carbocycles. The standard InChI is InChI=1S/C22H31N3O3/c1-17(28-21-10-6-5-9-20(21)27-4)16-25-22(23-2)24-15-7-8-18-11-13-19(26-3)14-12-18/h5-6,9-14,17H,7-8,15-16H2,1-4H3,(H2,23,24,25). The number of guanidine groups is 1. The average molecular weight is 386 g/mol. The van der Waals surface area contributed by atoms with Crippen molar-refractivity contribution in [2.75, 3.05) is 34.4 Å². The van der Waals surface area contributed by atoms with E-state index in [1.807, 2.05) is 43.3 Å². The Bertz CT molecular complexity index is 732. The van der Waals surface area contributed by atoms with Crippen LogP contribution in [0.15, 0.2) is 53.5 Å². The largest absolute Gasteiger partial charge is 0.497 e. The van der Waals surface area contributed by atoms with Crippen LogP contribution in [0.4, 0.5) is 0 Å². The molecule has 0 radical (unpaired) electrons. The van der Waals surface area contributed by atoms with Crippen molar-refractivity contribution in [1.82, 2.24) is 10.6 Å². The minimum Gasteiger partial charge on any atom is -0.497 e. The first-order valence-electron chi connectivity index (χ1n) is 9.53. The Hall–Kier alpha value is -2.89. The van der Waals surface area contributed by atoms with Crippen LogP contribution >= 0.6 is 0 Å². The van der Waals surface area contributed by atoms with Gasteiger partial charge in [-0.25, -0.2) is 0 Å². The van der Waals surface area contributed by atoms with Gasteiger partial charge in [-0.2, -0.15) is 0 Å². The van der Waals surface area contributed by atoms with Crippen LogP contribution in [-0.4, -0.2) is 46.4 Å². The summed E-state index contributed by atoms with van der Waals surface area (Å²) in [6.45, 7) is 3.49. The second-order valence-electron chi connectivity index (χ2n) is 6.41. The number of benzene rings is 2. The van der Waals surface area contributed by atoms with Crippen molar-refractivity contribution >= 4 is 5.96 Å². The summed E-state index contributed by atoms with van der Waals surface area (Å²) in [6.07, 6.45) is 1.98. The highest BCUT2D eigenvalue weighted by Gasteiger charge is 2.09. The van der Waals surface area contributed by atoms with Crippen molar-refractivity contribution in [1.29, 1.82) is 0 Å². The van der Waals surface area contributed by atoms with Gasteiger partial charge in [0, 0.05) is 13.6 Å².